The molecule has 1 saturated carbocycles. The molecular weight excluding hydrogens is 388 g/mol. The molecule has 1 fully saturated rings. The summed E-state index contributed by atoms with van der Waals surface area (Å²) < 4.78 is 3.00. The molecule has 1 aliphatic rings. The van der Waals surface area contributed by atoms with Crippen molar-refractivity contribution < 1.29 is 9.72 Å². The number of nitrogens with zero attached hydrogens (tertiary/aromatic N) is 5. The molecule has 0 atom stereocenters. The first-order valence-electron chi connectivity index (χ1n) is 9.95. The zero-order valence-corrected chi connectivity index (χ0v) is 16.4. The summed E-state index contributed by atoms with van der Waals surface area (Å²) in [5.74, 6) is 0.190. The molecular formula is C20H22N6O4. The maximum atomic E-state index is 12.8. The average Bonchev–Trinajstić information content (AvgIpc) is 3.41. The predicted molar refractivity (Wildman–Crippen MR) is 109 cm³/mol. The molecule has 30 heavy (non-hydrogen) atoms. The summed E-state index contributed by atoms with van der Waals surface area (Å²) in [6.07, 6.45) is 6.99. The second-order valence-electron chi connectivity index (χ2n) is 7.48. The molecule has 0 unspecified atom stereocenters. The summed E-state index contributed by atoms with van der Waals surface area (Å²) in [5.41, 5.74) is 0.787. The molecule has 10 nitrogen and oxygen atoms in total. The van der Waals surface area contributed by atoms with Crippen LogP contribution in [0.25, 0.3) is 11.0 Å². The lowest BCUT2D eigenvalue weighted by Crippen LogP contribution is -2.32. The minimum Gasteiger partial charge on any atom is -0.354 e. The van der Waals surface area contributed by atoms with Gasteiger partial charge in [0.25, 0.3) is 11.2 Å². The highest BCUT2D eigenvalue weighted by molar-refractivity contribution is 5.78. The van der Waals surface area contributed by atoms with Crippen LogP contribution < -0.4 is 10.9 Å². The van der Waals surface area contributed by atoms with Crippen LogP contribution in [0.1, 0.15) is 31.2 Å². The molecule has 0 saturated heterocycles. The van der Waals surface area contributed by atoms with Crippen molar-refractivity contribution in [1.82, 2.24) is 24.6 Å². The maximum Gasteiger partial charge on any atom is 0.269 e. The van der Waals surface area contributed by atoms with Crippen molar-refractivity contribution in [3.8, 4) is 0 Å². The third-order valence-corrected chi connectivity index (χ3v) is 5.45. The second-order valence-corrected chi connectivity index (χ2v) is 7.48. The average molecular weight is 410 g/mol. The van der Waals surface area contributed by atoms with Gasteiger partial charge in [-0.05, 0) is 18.4 Å². The lowest BCUT2D eigenvalue weighted by atomic mass is 10.1. The largest absolute Gasteiger partial charge is 0.354 e. The fourth-order valence-electron chi connectivity index (χ4n) is 3.86. The highest BCUT2D eigenvalue weighted by Gasteiger charge is 2.22. The summed E-state index contributed by atoms with van der Waals surface area (Å²) in [7, 11) is 0. The van der Waals surface area contributed by atoms with E-state index in [0.29, 0.717) is 29.7 Å². The van der Waals surface area contributed by atoms with Crippen molar-refractivity contribution in [3.05, 3.63) is 62.8 Å². The Morgan fingerprint density at radius 2 is 2.10 bits per heavy atom. The molecule has 1 aromatic carbocycles. The van der Waals surface area contributed by atoms with Gasteiger partial charge in [-0.1, -0.05) is 25.0 Å². The van der Waals surface area contributed by atoms with Crippen LogP contribution in [0.5, 0.6) is 0 Å². The van der Waals surface area contributed by atoms with Crippen molar-refractivity contribution >= 4 is 22.6 Å². The number of nitro groups is 1. The molecule has 1 amide bonds. The first-order chi connectivity index (χ1) is 14.5. The Labute approximate surface area is 171 Å². The number of carbonyl (C=O) groups excluding carboxylic acids is 1. The summed E-state index contributed by atoms with van der Waals surface area (Å²) >= 11 is 0. The predicted octanol–water partition coefficient (Wildman–Crippen LogP) is 1.86. The summed E-state index contributed by atoms with van der Waals surface area (Å²) in [6, 6.07) is 6.15. The topological polar surface area (TPSA) is 125 Å². The van der Waals surface area contributed by atoms with Gasteiger partial charge in [0, 0.05) is 24.6 Å². The third kappa shape index (κ3) is 4.07. The van der Waals surface area contributed by atoms with Gasteiger partial charge in [0.1, 0.15) is 11.7 Å². The van der Waals surface area contributed by atoms with Crippen molar-refractivity contribution in [1.29, 1.82) is 0 Å². The van der Waals surface area contributed by atoms with Gasteiger partial charge in [0.05, 0.1) is 24.2 Å². The van der Waals surface area contributed by atoms with Crippen molar-refractivity contribution in [2.75, 3.05) is 6.54 Å². The normalized spacial score (nSPS) is 14.3. The van der Waals surface area contributed by atoms with Crippen molar-refractivity contribution in [2.45, 2.75) is 38.8 Å². The van der Waals surface area contributed by atoms with E-state index in [1.807, 2.05) is 0 Å². The van der Waals surface area contributed by atoms with Crippen molar-refractivity contribution in [2.24, 2.45) is 5.92 Å². The molecule has 10 heteroatoms. The summed E-state index contributed by atoms with van der Waals surface area (Å²) in [4.78, 5) is 39.7. The van der Waals surface area contributed by atoms with Crippen LogP contribution in [-0.4, -0.2) is 36.7 Å². The molecule has 1 aliphatic carbocycles. The van der Waals surface area contributed by atoms with Crippen LogP contribution in [-0.2, 0) is 17.9 Å². The zero-order valence-electron chi connectivity index (χ0n) is 16.4. The lowest BCUT2D eigenvalue weighted by Gasteiger charge is -2.10. The number of rotatable bonds is 7. The number of aromatic nitrogens is 4. The third-order valence-electron chi connectivity index (χ3n) is 5.45. The van der Waals surface area contributed by atoms with Gasteiger partial charge in [-0.15, -0.1) is 0 Å². The van der Waals surface area contributed by atoms with E-state index in [2.05, 4.69) is 15.4 Å². The standard InChI is InChI=1S/C20H22N6O4/c27-19(15-5-1-2-6-15)21-8-9-25-18-17(11-23-25)20(28)24(13-22-18)12-14-4-3-7-16(10-14)26(29)30/h3-4,7,10-11,13,15H,1-2,5-6,8-9,12H2,(H,21,27). The Hall–Kier alpha value is -3.56. The number of fused-ring (bicyclic) bond motifs is 1. The lowest BCUT2D eigenvalue weighted by molar-refractivity contribution is -0.384. The molecule has 4 rings (SSSR count). The van der Waals surface area contributed by atoms with Crippen molar-refractivity contribution in [3.63, 3.8) is 0 Å². The Kier molecular flexibility index (Phi) is 5.55. The molecule has 3 aromatic rings. The van der Waals surface area contributed by atoms with E-state index in [9.17, 15) is 19.7 Å². The Balaban J connectivity index is 1.46. The minimum absolute atomic E-state index is 0.0259. The first-order valence-corrected chi connectivity index (χ1v) is 9.95. The van der Waals surface area contributed by atoms with Gasteiger partial charge in [-0.25, -0.2) is 9.67 Å². The van der Waals surface area contributed by atoms with Crippen LogP contribution in [0.2, 0.25) is 0 Å². The maximum absolute atomic E-state index is 12.8. The van der Waals surface area contributed by atoms with Crippen LogP contribution in [0.4, 0.5) is 5.69 Å². The van der Waals surface area contributed by atoms with E-state index in [1.54, 1.807) is 16.8 Å². The fraction of sp³-hybridized carbons (Fsp3) is 0.400. The van der Waals surface area contributed by atoms with Gasteiger partial charge in [0.2, 0.25) is 5.91 Å². The minimum atomic E-state index is -0.469. The van der Waals surface area contributed by atoms with Crippen LogP contribution >= 0.6 is 0 Å². The summed E-state index contributed by atoms with van der Waals surface area (Å²) in [5, 5.41) is 18.5. The van der Waals surface area contributed by atoms with E-state index in [-0.39, 0.29) is 29.6 Å². The monoisotopic (exact) mass is 410 g/mol. The zero-order chi connectivity index (χ0) is 21.1. The number of nitrogens with one attached hydrogen (secondary N) is 1. The highest BCUT2D eigenvalue weighted by atomic mass is 16.6. The van der Waals surface area contributed by atoms with Gasteiger partial charge in [-0.3, -0.25) is 24.3 Å². The quantitative estimate of drug-likeness (QED) is 0.468. The molecule has 156 valence electrons. The van der Waals surface area contributed by atoms with E-state index in [1.165, 1.54) is 29.2 Å². The van der Waals surface area contributed by atoms with Crippen LogP contribution in [0.15, 0.2) is 41.6 Å². The van der Waals surface area contributed by atoms with Crippen LogP contribution in [0, 0.1) is 16.0 Å². The SMILES string of the molecule is O=C(NCCn1ncc2c(=O)n(Cc3cccc([N+](=O)[O-])c3)cnc21)C1CCCC1. The van der Waals surface area contributed by atoms with Gasteiger partial charge in [-0.2, -0.15) is 5.10 Å². The highest BCUT2D eigenvalue weighted by Crippen LogP contribution is 2.24. The number of nitro benzene ring substituents is 1. The van der Waals surface area contributed by atoms with E-state index < -0.39 is 4.92 Å². The van der Waals surface area contributed by atoms with Gasteiger partial charge in [0.15, 0.2) is 5.65 Å². The smallest absolute Gasteiger partial charge is 0.269 e. The molecule has 0 aliphatic heterocycles. The fourth-order valence-corrected chi connectivity index (χ4v) is 3.86. The molecule has 0 spiro atoms. The number of hydrogen-bond acceptors (Lipinski definition) is 6. The number of amides is 1. The number of benzene rings is 1. The Morgan fingerprint density at radius 1 is 1.30 bits per heavy atom. The number of non-ortho nitro benzene ring substituents is 1. The van der Waals surface area contributed by atoms with E-state index in [4.69, 9.17) is 0 Å². The molecule has 1 N–H and O–H groups in total. The number of carbonyl (C=O) groups is 1. The van der Waals surface area contributed by atoms with Gasteiger partial charge < -0.3 is 5.32 Å². The second kappa shape index (κ2) is 8.44. The Morgan fingerprint density at radius 3 is 2.87 bits per heavy atom. The summed E-state index contributed by atoms with van der Waals surface area (Å²) in [6.45, 7) is 1.01. The Bertz CT molecular complexity index is 1150. The van der Waals surface area contributed by atoms with Gasteiger partial charge >= 0.3 is 0 Å². The number of hydrogen-bond donors (Lipinski definition) is 1. The molecule has 0 radical (unpaired) electrons. The van der Waals surface area contributed by atoms with Crippen LogP contribution in [0.3, 0.4) is 0 Å². The molecule has 0 bridgehead atoms. The first kappa shape index (κ1) is 19.7. The molecule has 2 aromatic heterocycles. The molecule has 2 heterocycles. The van der Waals surface area contributed by atoms with E-state index >= 15 is 0 Å². The van der Waals surface area contributed by atoms with E-state index in [0.717, 1.165) is 25.7 Å².